The maximum Gasteiger partial charge on any atom is 0.275 e. The standard InChI is InChI=1S/C13H12ClN3O3/c1-20-11-6-9(5-10(7-11)17(18)19)16-13-4-8(15)2-3-12(13)14/h2-7,16H,15H2,1H3. The lowest BCUT2D eigenvalue weighted by Gasteiger charge is -2.10. The van der Waals surface area contributed by atoms with E-state index in [0.29, 0.717) is 27.8 Å². The van der Waals surface area contributed by atoms with Crippen molar-refractivity contribution in [2.75, 3.05) is 18.2 Å². The van der Waals surface area contributed by atoms with Crippen molar-refractivity contribution in [3.63, 3.8) is 0 Å². The summed E-state index contributed by atoms with van der Waals surface area (Å²) >= 11 is 6.04. The first-order valence-corrected chi connectivity index (χ1v) is 6.03. The van der Waals surface area contributed by atoms with Gasteiger partial charge in [-0.3, -0.25) is 10.1 Å². The first-order chi connectivity index (χ1) is 9.49. The van der Waals surface area contributed by atoms with Crippen LogP contribution in [0.5, 0.6) is 5.75 Å². The van der Waals surface area contributed by atoms with Crippen LogP contribution in [-0.4, -0.2) is 12.0 Å². The third-order valence-corrected chi connectivity index (χ3v) is 2.94. The number of ether oxygens (including phenoxy) is 1. The molecule has 7 heteroatoms. The third kappa shape index (κ3) is 3.10. The number of nitro groups is 1. The summed E-state index contributed by atoms with van der Waals surface area (Å²) in [6.07, 6.45) is 0. The molecular weight excluding hydrogens is 282 g/mol. The lowest BCUT2D eigenvalue weighted by atomic mass is 10.2. The molecule has 0 unspecified atom stereocenters. The number of benzene rings is 2. The van der Waals surface area contributed by atoms with Crippen LogP contribution in [0.25, 0.3) is 0 Å². The molecule has 2 rings (SSSR count). The highest BCUT2D eigenvalue weighted by Crippen LogP contribution is 2.31. The van der Waals surface area contributed by atoms with Gasteiger partial charge in [-0.1, -0.05) is 11.6 Å². The fourth-order valence-corrected chi connectivity index (χ4v) is 1.84. The second-order valence-corrected chi connectivity index (χ2v) is 4.45. The highest BCUT2D eigenvalue weighted by Gasteiger charge is 2.11. The summed E-state index contributed by atoms with van der Waals surface area (Å²) in [4.78, 5) is 10.4. The van der Waals surface area contributed by atoms with E-state index in [2.05, 4.69) is 5.32 Å². The highest BCUT2D eigenvalue weighted by molar-refractivity contribution is 6.33. The van der Waals surface area contributed by atoms with Crippen LogP contribution in [0, 0.1) is 10.1 Å². The number of nitro benzene ring substituents is 1. The molecule has 0 spiro atoms. The van der Waals surface area contributed by atoms with Gasteiger partial charge in [0.25, 0.3) is 5.69 Å². The maximum absolute atomic E-state index is 10.9. The van der Waals surface area contributed by atoms with E-state index in [0.717, 1.165) is 0 Å². The maximum atomic E-state index is 10.9. The van der Waals surface area contributed by atoms with Crippen LogP contribution in [0.2, 0.25) is 5.02 Å². The minimum absolute atomic E-state index is 0.0770. The van der Waals surface area contributed by atoms with Gasteiger partial charge in [-0.2, -0.15) is 0 Å². The Morgan fingerprint density at radius 3 is 2.70 bits per heavy atom. The molecule has 104 valence electrons. The molecule has 0 atom stereocenters. The van der Waals surface area contributed by atoms with Gasteiger partial charge in [0.05, 0.1) is 28.8 Å². The van der Waals surface area contributed by atoms with E-state index in [1.54, 1.807) is 24.3 Å². The average Bonchev–Trinajstić information content (AvgIpc) is 2.42. The van der Waals surface area contributed by atoms with Crippen molar-refractivity contribution in [2.24, 2.45) is 0 Å². The molecule has 0 radical (unpaired) electrons. The molecule has 0 saturated heterocycles. The Balaban J connectivity index is 2.39. The lowest BCUT2D eigenvalue weighted by Crippen LogP contribution is -1.96. The zero-order valence-corrected chi connectivity index (χ0v) is 11.3. The molecule has 0 aliphatic heterocycles. The van der Waals surface area contributed by atoms with Crippen LogP contribution in [-0.2, 0) is 0 Å². The van der Waals surface area contributed by atoms with Crippen molar-refractivity contribution in [1.82, 2.24) is 0 Å². The molecule has 2 aromatic carbocycles. The Morgan fingerprint density at radius 1 is 1.30 bits per heavy atom. The van der Waals surface area contributed by atoms with E-state index in [4.69, 9.17) is 22.1 Å². The number of nitrogens with two attached hydrogens (primary N) is 1. The minimum atomic E-state index is -0.491. The number of hydrogen-bond donors (Lipinski definition) is 2. The Bertz CT molecular complexity index is 661. The van der Waals surface area contributed by atoms with Gasteiger partial charge >= 0.3 is 0 Å². The van der Waals surface area contributed by atoms with Crippen LogP contribution in [0.3, 0.4) is 0 Å². The summed E-state index contributed by atoms with van der Waals surface area (Å²) in [5.41, 5.74) is 7.20. The first-order valence-electron chi connectivity index (χ1n) is 5.65. The number of methoxy groups -OCH3 is 1. The molecule has 0 saturated carbocycles. The topological polar surface area (TPSA) is 90.4 Å². The number of nitrogens with one attached hydrogen (secondary N) is 1. The predicted octanol–water partition coefficient (Wildman–Crippen LogP) is 3.58. The lowest BCUT2D eigenvalue weighted by molar-refractivity contribution is -0.384. The zero-order chi connectivity index (χ0) is 14.7. The number of nitrogens with zero attached hydrogens (tertiary/aromatic N) is 1. The Hall–Kier alpha value is -2.47. The van der Waals surface area contributed by atoms with Crippen molar-refractivity contribution in [3.05, 3.63) is 51.5 Å². The van der Waals surface area contributed by atoms with Gasteiger partial charge in [0.1, 0.15) is 5.75 Å². The summed E-state index contributed by atoms with van der Waals surface area (Å²) in [6, 6.07) is 9.32. The zero-order valence-electron chi connectivity index (χ0n) is 10.6. The second-order valence-electron chi connectivity index (χ2n) is 4.04. The molecule has 0 aromatic heterocycles. The third-order valence-electron chi connectivity index (χ3n) is 2.61. The SMILES string of the molecule is COc1cc(Nc2cc(N)ccc2Cl)cc([N+](=O)[O-])c1. The molecule has 0 heterocycles. The number of hydrogen-bond acceptors (Lipinski definition) is 5. The summed E-state index contributed by atoms with van der Waals surface area (Å²) in [7, 11) is 1.44. The molecule has 20 heavy (non-hydrogen) atoms. The van der Waals surface area contributed by atoms with Gasteiger partial charge in [-0.25, -0.2) is 0 Å². The van der Waals surface area contributed by atoms with Crippen molar-refractivity contribution in [2.45, 2.75) is 0 Å². The Labute approximate surface area is 120 Å². The summed E-state index contributed by atoms with van der Waals surface area (Å²) < 4.78 is 5.04. The largest absolute Gasteiger partial charge is 0.496 e. The molecule has 0 aliphatic carbocycles. The van der Waals surface area contributed by atoms with Crippen LogP contribution < -0.4 is 15.8 Å². The number of nitrogen functional groups attached to an aromatic ring is 1. The van der Waals surface area contributed by atoms with Gasteiger partial charge in [0.15, 0.2) is 0 Å². The summed E-state index contributed by atoms with van der Waals surface area (Å²) in [5, 5.41) is 14.3. The van der Waals surface area contributed by atoms with E-state index in [1.165, 1.54) is 19.2 Å². The van der Waals surface area contributed by atoms with Crippen LogP contribution in [0.15, 0.2) is 36.4 Å². The number of non-ortho nitro benzene ring substituents is 1. The smallest absolute Gasteiger partial charge is 0.275 e. The summed E-state index contributed by atoms with van der Waals surface area (Å²) in [5.74, 6) is 0.377. The molecule has 0 aliphatic rings. The quantitative estimate of drug-likeness (QED) is 0.511. The molecular formula is C13H12ClN3O3. The molecule has 0 fully saturated rings. The molecule has 3 N–H and O–H groups in total. The predicted molar refractivity (Wildman–Crippen MR) is 78.8 cm³/mol. The Kier molecular flexibility index (Phi) is 3.95. The fraction of sp³-hybridized carbons (Fsp3) is 0.0769. The van der Waals surface area contributed by atoms with E-state index in [1.807, 2.05) is 0 Å². The van der Waals surface area contributed by atoms with Crippen molar-refractivity contribution >= 4 is 34.4 Å². The van der Waals surface area contributed by atoms with E-state index in [-0.39, 0.29) is 5.69 Å². The van der Waals surface area contributed by atoms with E-state index >= 15 is 0 Å². The van der Waals surface area contributed by atoms with Gasteiger partial charge in [0.2, 0.25) is 0 Å². The molecule has 0 bridgehead atoms. The number of rotatable bonds is 4. The van der Waals surface area contributed by atoms with Gasteiger partial charge < -0.3 is 15.8 Å². The summed E-state index contributed by atoms with van der Waals surface area (Å²) in [6.45, 7) is 0. The normalized spacial score (nSPS) is 10.1. The average molecular weight is 294 g/mol. The Morgan fingerprint density at radius 2 is 2.05 bits per heavy atom. The van der Waals surface area contributed by atoms with Gasteiger partial charge in [-0.15, -0.1) is 0 Å². The first kappa shape index (κ1) is 14.0. The number of anilines is 3. The molecule has 2 aromatic rings. The van der Waals surface area contributed by atoms with Crippen LogP contribution in [0.4, 0.5) is 22.7 Å². The van der Waals surface area contributed by atoms with Crippen molar-refractivity contribution in [3.8, 4) is 5.75 Å². The van der Waals surface area contributed by atoms with E-state index < -0.39 is 4.92 Å². The van der Waals surface area contributed by atoms with Crippen LogP contribution >= 0.6 is 11.6 Å². The highest BCUT2D eigenvalue weighted by atomic mass is 35.5. The second kappa shape index (κ2) is 5.66. The monoisotopic (exact) mass is 293 g/mol. The van der Waals surface area contributed by atoms with Gasteiger partial charge in [-0.05, 0) is 18.2 Å². The van der Waals surface area contributed by atoms with Crippen molar-refractivity contribution < 1.29 is 9.66 Å². The van der Waals surface area contributed by atoms with Crippen LogP contribution in [0.1, 0.15) is 0 Å². The molecule has 0 amide bonds. The van der Waals surface area contributed by atoms with Crippen molar-refractivity contribution in [1.29, 1.82) is 0 Å². The van der Waals surface area contributed by atoms with E-state index in [9.17, 15) is 10.1 Å². The fourth-order valence-electron chi connectivity index (χ4n) is 1.67. The molecule has 6 nitrogen and oxygen atoms in total. The number of halogens is 1. The minimum Gasteiger partial charge on any atom is -0.496 e. The van der Waals surface area contributed by atoms with Gasteiger partial charge in [0, 0.05) is 23.5 Å².